The van der Waals surface area contributed by atoms with Gasteiger partial charge in [-0.05, 0) is 37.8 Å². The van der Waals surface area contributed by atoms with E-state index in [2.05, 4.69) is 4.98 Å². The van der Waals surface area contributed by atoms with Crippen molar-refractivity contribution in [2.75, 3.05) is 26.2 Å². The van der Waals surface area contributed by atoms with Crippen LogP contribution in [0.2, 0.25) is 0 Å². The highest BCUT2D eigenvalue weighted by Gasteiger charge is 2.32. The quantitative estimate of drug-likeness (QED) is 0.775. The summed E-state index contributed by atoms with van der Waals surface area (Å²) in [5, 5.41) is 2.85. The van der Waals surface area contributed by atoms with Gasteiger partial charge in [-0.3, -0.25) is 4.79 Å². The number of carbonyl (C=O) groups is 1. The maximum Gasteiger partial charge on any atom is 0.289 e. The molecule has 9 heteroatoms. The third kappa shape index (κ3) is 3.81. The van der Waals surface area contributed by atoms with Gasteiger partial charge >= 0.3 is 0 Å². The van der Waals surface area contributed by atoms with Crippen LogP contribution in [0.25, 0.3) is 0 Å². The molecule has 0 bridgehead atoms. The minimum atomic E-state index is -3.66. The summed E-state index contributed by atoms with van der Waals surface area (Å²) in [5.41, 5.74) is 0. The van der Waals surface area contributed by atoms with E-state index in [-0.39, 0.29) is 22.7 Å². The molecule has 0 spiro atoms. The van der Waals surface area contributed by atoms with Gasteiger partial charge in [0.1, 0.15) is 0 Å². The van der Waals surface area contributed by atoms with Crippen molar-refractivity contribution in [2.24, 2.45) is 0 Å². The van der Waals surface area contributed by atoms with Crippen LogP contribution in [0, 0.1) is 0 Å². The minimum absolute atomic E-state index is 0.0883. The molecule has 2 aliphatic rings. The molecule has 2 aromatic rings. The summed E-state index contributed by atoms with van der Waals surface area (Å²) in [6.45, 7) is 2.25. The fourth-order valence-corrected chi connectivity index (χ4v) is 5.96. The molecule has 0 aliphatic carbocycles. The molecule has 4 heterocycles. The molecule has 0 saturated carbocycles. The topological polar surface area (TPSA) is 83.7 Å². The Hall–Kier alpha value is -1.71. The monoisotopic (exact) mass is 409 g/mol. The lowest BCUT2D eigenvalue weighted by molar-refractivity contribution is 0.0669. The van der Waals surface area contributed by atoms with E-state index in [4.69, 9.17) is 4.42 Å². The second kappa shape index (κ2) is 7.73. The molecule has 1 unspecified atom stereocenters. The van der Waals surface area contributed by atoms with E-state index >= 15 is 0 Å². The fourth-order valence-electron chi connectivity index (χ4n) is 3.76. The molecule has 27 heavy (non-hydrogen) atoms. The summed E-state index contributed by atoms with van der Waals surface area (Å²) in [5.74, 6) is 0.0657. The number of likely N-dealkylation sites (tertiary alicyclic amines) is 1. The van der Waals surface area contributed by atoms with Gasteiger partial charge in [0, 0.05) is 43.7 Å². The average molecular weight is 410 g/mol. The number of aromatic nitrogens is 1. The van der Waals surface area contributed by atoms with E-state index in [0.29, 0.717) is 26.2 Å². The number of rotatable bonds is 4. The van der Waals surface area contributed by atoms with Gasteiger partial charge in [-0.2, -0.15) is 4.31 Å². The van der Waals surface area contributed by atoms with Crippen LogP contribution in [0.4, 0.5) is 0 Å². The van der Waals surface area contributed by atoms with Crippen molar-refractivity contribution < 1.29 is 17.6 Å². The summed E-state index contributed by atoms with van der Waals surface area (Å²) in [6, 6.07) is 2.88. The first-order chi connectivity index (χ1) is 13.1. The predicted molar refractivity (Wildman–Crippen MR) is 101 cm³/mol. The lowest BCUT2D eigenvalue weighted by Gasteiger charge is -2.31. The molecule has 0 N–H and O–H groups in total. The first-order valence-electron chi connectivity index (χ1n) is 9.34. The Balaban J connectivity index is 1.48. The third-order valence-corrected chi connectivity index (χ3v) is 7.92. The lowest BCUT2D eigenvalue weighted by Crippen LogP contribution is -2.39. The van der Waals surface area contributed by atoms with Gasteiger partial charge in [0.05, 0.1) is 5.01 Å². The van der Waals surface area contributed by atoms with Gasteiger partial charge in [0.15, 0.2) is 5.76 Å². The van der Waals surface area contributed by atoms with Gasteiger partial charge in [-0.25, -0.2) is 13.4 Å². The largest absolute Gasteiger partial charge is 0.438 e. The Morgan fingerprint density at radius 1 is 1.15 bits per heavy atom. The molecule has 0 aromatic carbocycles. The molecule has 1 amide bonds. The van der Waals surface area contributed by atoms with Gasteiger partial charge in [0.2, 0.25) is 5.09 Å². The van der Waals surface area contributed by atoms with E-state index in [1.165, 1.54) is 16.4 Å². The maximum absolute atomic E-state index is 12.8. The van der Waals surface area contributed by atoms with Crippen molar-refractivity contribution in [1.29, 1.82) is 0 Å². The second-order valence-electron chi connectivity index (χ2n) is 7.04. The molecule has 2 aromatic heterocycles. The number of amides is 1. The summed E-state index contributed by atoms with van der Waals surface area (Å²) >= 11 is 1.60. The minimum Gasteiger partial charge on any atom is -0.438 e. The highest BCUT2D eigenvalue weighted by atomic mass is 32.2. The van der Waals surface area contributed by atoms with Gasteiger partial charge in [-0.15, -0.1) is 11.3 Å². The van der Waals surface area contributed by atoms with Crippen molar-refractivity contribution in [3.63, 3.8) is 0 Å². The number of piperidine rings is 2. The molecule has 146 valence electrons. The van der Waals surface area contributed by atoms with E-state index in [1.54, 1.807) is 22.4 Å². The van der Waals surface area contributed by atoms with Crippen molar-refractivity contribution in [2.45, 2.75) is 43.1 Å². The van der Waals surface area contributed by atoms with Crippen LogP contribution in [-0.2, 0) is 10.0 Å². The number of hydrogen-bond acceptors (Lipinski definition) is 6. The predicted octanol–water partition coefficient (Wildman–Crippen LogP) is 2.93. The Bertz CT molecular complexity index is 886. The Labute approximate surface area is 163 Å². The SMILES string of the molecule is O=C(c1ccc(S(=O)(=O)N2CCCCC2)o1)N1CCCC(c2nccs2)C1. The molecule has 2 saturated heterocycles. The van der Waals surface area contributed by atoms with Crippen LogP contribution in [0.3, 0.4) is 0 Å². The van der Waals surface area contributed by atoms with Crippen LogP contribution >= 0.6 is 11.3 Å². The van der Waals surface area contributed by atoms with Gasteiger partial charge in [-0.1, -0.05) is 6.42 Å². The number of thiazole rings is 1. The number of furan rings is 1. The van der Waals surface area contributed by atoms with Crippen molar-refractivity contribution >= 4 is 27.3 Å². The summed E-state index contributed by atoms with van der Waals surface area (Å²) < 4.78 is 32.4. The highest BCUT2D eigenvalue weighted by molar-refractivity contribution is 7.89. The van der Waals surface area contributed by atoms with E-state index in [0.717, 1.165) is 37.1 Å². The average Bonchev–Trinajstić information content (AvgIpc) is 3.40. The molecule has 7 nitrogen and oxygen atoms in total. The van der Waals surface area contributed by atoms with E-state index < -0.39 is 10.0 Å². The third-order valence-electron chi connectivity index (χ3n) is 5.21. The zero-order chi connectivity index (χ0) is 18.9. The molecule has 2 fully saturated rings. The first-order valence-corrected chi connectivity index (χ1v) is 11.7. The first kappa shape index (κ1) is 18.6. The van der Waals surface area contributed by atoms with Crippen molar-refractivity contribution in [3.8, 4) is 0 Å². The van der Waals surface area contributed by atoms with Crippen molar-refractivity contribution in [1.82, 2.24) is 14.2 Å². The second-order valence-corrected chi connectivity index (χ2v) is 9.84. The van der Waals surface area contributed by atoms with Crippen LogP contribution in [0.1, 0.15) is 53.6 Å². The maximum atomic E-state index is 12.8. The van der Waals surface area contributed by atoms with Crippen LogP contribution in [-0.4, -0.2) is 54.7 Å². The number of hydrogen-bond donors (Lipinski definition) is 0. The number of sulfonamides is 1. The molecular weight excluding hydrogens is 386 g/mol. The molecular formula is C18H23N3O4S2. The van der Waals surface area contributed by atoms with Crippen LogP contribution in [0.5, 0.6) is 0 Å². The smallest absolute Gasteiger partial charge is 0.289 e. The van der Waals surface area contributed by atoms with E-state index in [1.807, 2.05) is 5.38 Å². The summed E-state index contributed by atoms with van der Waals surface area (Å²) in [6.07, 6.45) is 6.45. The molecule has 1 atom stereocenters. The summed E-state index contributed by atoms with van der Waals surface area (Å²) in [7, 11) is -3.66. The number of nitrogens with zero attached hydrogens (tertiary/aromatic N) is 3. The normalized spacial score (nSPS) is 22.1. The molecule has 2 aliphatic heterocycles. The van der Waals surface area contributed by atoms with E-state index in [9.17, 15) is 13.2 Å². The Kier molecular flexibility index (Phi) is 5.34. The zero-order valence-electron chi connectivity index (χ0n) is 15.0. The number of carbonyl (C=O) groups excluding carboxylic acids is 1. The molecule has 0 radical (unpaired) electrons. The fraction of sp³-hybridized carbons (Fsp3) is 0.556. The standard InChI is InChI=1S/C18H23N3O4S2/c22-18(20-9-4-5-14(13-20)17-19-8-12-26-17)15-6-7-16(25-15)27(23,24)21-10-2-1-3-11-21/h6-8,12,14H,1-5,9-11,13H2. The van der Waals surface area contributed by atoms with Gasteiger partial charge in [0.25, 0.3) is 15.9 Å². The summed E-state index contributed by atoms with van der Waals surface area (Å²) in [4.78, 5) is 18.9. The van der Waals surface area contributed by atoms with Crippen LogP contribution < -0.4 is 0 Å². The Morgan fingerprint density at radius 2 is 1.96 bits per heavy atom. The van der Waals surface area contributed by atoms with Gasteiger partial charge < -0.3 is 9.32 Å². The lowest BCUT2D eigenvalue weighted by atomic mass is 9.98. The molecule has 4 rings (SSSR count). The Morgan fingerprint density at radius 3 is 2.70 bits per heavy atom. The zero-order valence-corrected chi connectivity index (χ0v) is 16.7. The van der Waals surface area contributed by atoms with Crippen LogP contribution in [0.15, 0.2) is 33.2 Å². The van der Waals surface area contributed by atoms with Crippen molar-refractivity contribution in [3.05, 3.63) is 34.5 Å². The highest BCUT2D eigenvalue weighted by Crippen LogP contribution is 2.30.